The minimum absolute atomic E-state index is 0.0447. The SMILES string of the molecule is Nc1ncc(-c2ccc(CCNC(=O)CCC(=O)c3ccccc3)cc2)nc1C(=O)Cc1cnccc1N1CCOCC1. The van der Waals surface area contributed by atoms with Gasteiger partial charge in [0.05, 0.1) is 25.1 Å². The number of pyridine rings is 1. The summed E-state index contributed by atoms with van der Waals surface area (Å²) < 4.78 is 5.46. The van der Waals surface area contributed by atoms with Crippen LogP contribution in [-0.2, 0) is 22.4 Å². The molecular formula is C33H34N6O4. The van der Waals surface area contributed by atoms with Crippen LogP contribution in [0.25, 0.3) is 11.3 Å². The third-order valence-corrected chi connectivity index (χ3v) is 7.31. The Hall–Kier alpha value is -4.96. The molecule has 10 heteroatoms. The van der Waals surface area contributed by atoms with Gasteiger partial charge in [0.1, 0.15) is 5.69 Å². The van der Waals surface area contributed by atoms with Gasteiger partial charge < -0.3 is 20.7 Å². The van der Waals surface area contributed by atoms with Crippen LogP contribution in [0.2, 0.25) is 0 Å². The lowest BCUT2D eigenvalue weighted by molar-refractivity contribution is -0.121. The number of hydrogen-bond acceptors (Lipinski definition) is 9. The first-order valence-electron chi connectivity index (χ1n) is 14.3. The molecular weight excluding hydrogens is 544 g/mol. The van der Waals surface area contributed by atoms with Crippen LogP contribution in [0.1, 0.15) is 44.8 Å². The largest absolute Gasteiger partial charge is 0.382 e. The first kappa shape index (κ1) is 29.5. The molecule has 10 nitrogen and oxygen atoms in total. The minimum atomic E-state index is -0.229. The van der Waals surface area contributed by atoms with E-state index in [9.17, 15) is 14.4 Å². The number of nitrogens with zero attached hydrogens (tertiary/aromatic N) is 4. The molecule has 1 saturated heterocycles. The van der Waals surface area contributed by atoms with Crippen molar-refractivity contribution in [3.8, 4) is 11.3 Å². The highest BCUT2D eigenvalue weighted by Crippen LogP contribution is 2.24. The fourth-order valence-electron chi connectivity index (χ4n) is 4.94. The molecule has 2 aromatic heterocycles. The summed E-state index contributed by atoms with van der Waals surface area (Å²) >= 11 is 0. The average molecular weight is 579 g/mol. The Kier molecular flexibility index (Phi) is 9.81. The van der Waals surface area contributed by atoms with E-state index >= 15 is 0 Å². The van der Waals surface area contributed by atoms with Gasteiger partial charge in [0, 0.05) is 73.7 Å². The molecule has 43 heavy (non-hydrogen) atoms. The van der Waals surface area contributed by atoms with Crippen molar-refractivity contribution >= 4 is 29.0 Å². The molecule has 0 atom stereocenters. The molecule has 1 fully saturated rings. The second-order valence-electron chi connectivity index (χ2n) is 10.3. The van der Waals surface area contributed by atoms with Crippen LogP contribution >= 0.6 is 0 Å². The number of nitrogens with one attached hydrogen (secondary N) is 1. The van der Waals surface area contributed by atoms with Crippen LogP contribution in [0, 0.1) is 0 Å². The van der Waals surface area contributed by atoms with E-state index in [0.717, 1.165) is 35.5 Å². The Bertz CT molecular complexity index is 1570. The molecule has 2 aromatic carbocycles. The highest BCUT2D eigenvalue weighted by atomic mass is 16.5. The van der Waals surface area contributed by atoms with E-state index in [1.165, 1.54) is 0 Å². The molecule has 1 aliphatic rings. The minimum Gasteiger partial charge on any atom is -0.382 e. The number of benzene rings is 2. The number of morpholine rings is 1. The Morgan fingerprint density at radius 3 is 2.44 bits per heavy atom. The van der Waals surface area contributed by atoms with Gasteiger partial charge in [0.25, 0.3) is 0 Å². The molecule has 220 valence electrons. The van der Waals surface area contributed by atoms with Gasteiger partial charge in [-0.1, -0.05) is 54.6 Å². The summed E-state index contributed by atoms with van der Waals surface area (Å²) in [6.07, 6.45) is 6.05. The molecule has 4 aromatic rings. The summed E-state index contributed by atoms with van der Waals surface area (Å²) in [5, 5.41) is 2.88. The number of amides is 1. The Labute approximate surface area is 250 Å². The zero-order chi connectivity index (χ0) is 30.0. The van der Waals surface area contributed by atoms with E-state index in [4.69, 9.17) is 10.5 Å². The fourth-order valence-corrected chi connectivity index (χ4v) is 4.94. The summed E-state index contributed by atoms with van der Waals surface area (Å²) in [5.41, 5.74) is 11.0. The smallest absolute Gasteiger partial charge is 0.220 e. The number of Topliss-reactive ketones (excluding diaryl/α,β-unsaturated/α-hetero) is 2. The van der Waals surface area contributed by atoms with Crippen molar-refractivity contribution < 1.29 is 19.1 Å². The zero-order valence-corrected chi connectivity index (χ0v) is 23.9. The zero-order valence-electron chi connectivity index (χ0n) is 23.9. The molecule has 0 radical (unpaired) electrons. The summed E-state index contributed by atoms with van der Waals surface area (Å²) in [4.78, 5) is 53.0. The first-order valence-corrected chi connectivity index (χ1v) is 14.3. The lowest BCUT2D eigenvalue weighted by Gasteiger charge is -2.30. The van der Waals surface area contributed by atoms with Crippen molar-refractivity contribution in [2.75, 3.05) is 43.5 Å². The quantitative estimate of drug-likeness (QED) is 0.241. The topological polar surface area (TPSA) is 140 Å². The first-order chi connectivity index (χ1) is 21.0. The molecule has 0 aliphatic carbocycles. The third kappa shape index (κ3) is 7.87. The molecule has 1 aliphatic heterocycles. The van der Waals surface area contributed by atoms with E-state index in [2.05, 4.69) is 25.2 Å². The molecule has 3 heterocycles. The van der Waals surface area contributed by atoms with Crippen LogP contribution < -0.4 is 16.0 Å². The third-order valence-electron chi connectivity index (χ3n) is 7.31. The lowest BCUT2D eigenvalue weighted by Crippen LogP contribution is -2.37. The number of ether oxygens (including phenoxy) is 1. The lowest BCUT2D eigenvalue weighted by atomic mass is 10.0. The van der Waals surface area contributed by atoms with Crippen molar-refractivity contribution in [2.24, 2.45) is 0 Å². The molecule has 5 rings (SSSR count). The van der Waals surface area contributed by atoms with Crippen LogP contribution in [0.15, 0.2) is 79.3 Å². The van der Waals surface area contributed by atoms with Gasteiger partial charge in [-0.2, -0.15) is 0 Å². The monoisotopic (exact) mass is 578 g/mol. The summed E-state index contributed by atoms with van der Waals surface area (Å²) in [6.45, 7) is 3.24. The van der Waals surface area contributed by atoms with Crippen molar-refractivity contribution in [2.45, 2.75) is 25.7 Å². The molecule has 0 bridgehead atoms. The average Bonchev–Trinajstić information content (AvgIpc) is 3.05. The van der Waals surface area contributed by atoms with Gasteiger partial charge >= 0.3 is 0 Å². The molecule has 1 amide bonds. The van der Waals surface area contributed by atoms with E-state index in [1.54, 1.807) is 30.7 Å². The Morgan fingerprint density at radius 1 is 0.907 bits per heavy atom. The van der Waals surface area contributed by atoms with E-state index in [-0.39, 0.29) is 48.2 Å². The Balaban J connectivity index is 1.16. The highest BCUT2D eigenvalue weighted by molar-refractivity contribution is 6.00. The van der Waals surface area contributed by atoms with Crippen LogP contribution in [0.5, 0.6) is 0 Å². The Morgan fingerprint density at radius 2 is 1.67 bits per heavy atom. The van der Waals surface area contributed by atoms with Gasteiger partial charge in [0.15, 0.2) is 17.4 Å². The maximum Gasteiger partial charge on any atom is 0.220 e. The highest BCUT2D eigenvalue weighted by Gasteiger charge is 2.20. The molecule has 0 spiro atoms. The van der Waals surface area contributed by atoms with E-state index in [1.807, 2.05) is 48.5 Å². The molecule has 0 unspecified atom stereocenters. The van der Waals surface area contributed by atoms with E-state index in [0.29, 0.717) is 37.4 Å². The maximum absolute atomic E-state index is 13.3. The van der Waals surface area contributed by atoms with Gasteiger partial charge in [-0.3, -0.25) is 19.4 Å². The number of hydrogen-bond donors (Lipinski definition) is 2. The summed E-state index contributed by atoms with van der Waals surface area (Å²) in [6, 6.07) is 18.6. The molecule has 3 N–H and O–H groups in total. The van der Waals surface area contributed by atoms with Crippen molar-refractivity contribution in [1.82, 2.24) is 20.3 Å². The maximum atomic E-state index is 13.3. The van der Waals surface area contributed by atoms with Gasteiger partial charge in [-0.25, -0.2) is 9.97 Å². The summed E-state index contributed by atoms with van der Waals surface area (Å²) in [5.74, 6) is -0.342. The van der Waals surface area contributed by atoms with Crippen LogP contribution in [0.3, 0.4) is 0 Å². The number of carbonyl (C=O) groups is 3. The van der Waals surface area contributed by atoms with Crippen molar-refractivity contribution in [3.63, 3.8) is 0 Å². The van der Waals surface area contributed by atoms with E-state index < -0.39 is 0 Å². The predicted octanol–water partition coefficient (Wildman–Crippen LogP) is 3.70. The van der Waals surface area contributed by atoms with Crippen LogP contribution in [0.4, 0.5) is 11.5 Å². The second kappa shape index (κ2) is 14.3. The molecule has 0 saturated carbocycles. The normalized spacial score (nSPS) is 13.0. The number of rotatable bonds is 12. The standard InChI is InChI=1S/C33H34N6O4/c34-33-32(30(41)20-26-21-35-14-13-28(26)39-16-18-43-19-17-39)38-27(22-37-33)24-8-6-23(7-9-24)12-15-36-31(42)11-10-29(40)25-4-2-1-3-5-25/h1-9,13-14,21-22H,10-12,15-20H2,(H2,34,37)(H,36,42). The second-order valence-corrected chi connectivity index (χ2v) is 10.3. The fraction of sp³-hybridized carbons (Fsp3) is 0.273. The van der Waals surface area contributed by atoms with Gasteiger partial charge in [-0.05, 0) is 18.1 Å². The van der Waals surface area contributed by atoms with Gasteiger partial charge in [0.2, 0.25) is 5.91 Å². The number of ketones is 2. The number of carbonyl (C=O) groups excluding carboxylic acids is 3. The van der Waals surface area contributed by atoms with Crippen LogP contribution in [-0.4, -0.2) is 65.3 Å². The van der Waals surface area contributed by atoms with Crippen molar-refractivity contribution in [1.29, 1.82) is 0 Å². The number of anilines is 2. The number of nitrogens with two attached hydrogens (primary N) is 1. The predicted molar refractivity (Wildman–Crippen MR) is 164 cm³/mol. The van der Waals surface area contributed by atoms with Gasteiger partial charge in [-0.15, -0.1) is 0 Å². The van der Waals surface area contributed by atoms with Crippen molar-refractivity contribution in [3.05, 3.63) is 102 Å². The number of nitrogen functional groups attached to an aromatic ring is 1. The number of aromatic nitrogens is 3. The summed E-state index contributed by atoms with van der Waals surface area (Å²) in [7, 11) is 0.